The van der Waals surface area contributed by atoms with E-state index in [-0.39, 0.29) is 6.04 Å². The highest BCUT2D eigenvalue weighted by Crippen LogP contribution is 2.29. The van der Waals surface area contributed by atoms with E-state index in [0.29, 0.717) is 6.42 Å². The molecule has 0 aliphatic carbocycles. The molecular formula is C13H18F3N. The van der Waals surface area contributed by atoms with Crippen LogP contribution in [-0.4, -0.2) is 12.6 Å². The van der Waals surface area contributed by atoms with Gasteiger partial charge in [-0.25, -0.2) is 0 Å². The van der Waals surface area contributed by atoms with Gasteiger partial charge >= 0.3 is 6.18 Å². The number of benzene rings is 1. The summed E-state index contributed by atoms with van der Waals surface area (Å²) in [4.78, 5) is 0. The zero-order chi connectivity index (χ0) is 12.9. The Morgan fingerprint density at radius 2 is 2.00 bits per heavy atom. The second-order valence-corrected chi connectivity index (χ2v) is 4.26. The van der Waals surface area contributed by atoms with Crippen LogP contribution in [0.1, 0.15) is 31.4 Å². The van der Waals surface area contributed by atoms with Gasteiger partial charge in [0.15, 0.2) is 0 Å². The van der Waals surface area contributed by atoms with Gasteiger partial charge in [-0.2, -0.15) is 13.2 Å². The maximum Gasteiger partial charge on any atom is 0.416 e. The highest BCUT2D eigenvalue weighted by molar-refractivity contribution is 5.26. The minimum absolute atomic E-state index is 0.193. The Hall–Kier alpha value is -1.03. The Morgan fingerprint density at radius 3 is 2.59 bits per heavy atom. The van der Waals surface area contributed by atoms with Crippen molar-refractivity contribution in [3.05, 3.63) is 35.4 Å². The average Bonchev–Trinajstić information content (AvgIpc) is 2.25. The largest absolute Gasteiger partial charge is 0.416 e. The van der Waals surface area contributed by atoms with Gasteiger partial charge in [0.05, 0.1) is 5.56 Å². The zero-order valence-electron chi connectivity index (χ0n) is 10.1. The Kier molecular flexibility index (Phi) is 5.00. The molecule has 1 nitrogen and oxygen atoms in total. The normalized spacial score (nSPS) is 13.7. The van der Waals surface area contributed by atoms with Crippen molar-refractivity contribution in [2.24, 2.45) is 0 Å². The molecule has 0 aliphatic heterocycles. The third-order valence-corrected chi connectivity index (χ3v) is 2.54. The molecule has 1 aromatic rings. The van der Waals surface area contributed by atoms with E-state index >= 15 is 0 Å². The third kappa shape index (κ3) is 4.77. The van der Waals surface area contributed by atoms with E-state index in [1.165, 1.54) is 12.1 Å². The second kappa shape index (κ2) is 6.05. The first-order valence-corrected chi connectivity index (χ1v) is 5.83. The molecule has 0 fully saturated rings. The molecule has 0 aliphatic rings. The summed E-state index contributed by atoms with van der Waals surface area (Å²) in [5.41, 5.74) is 0.147. The van der Waals surface area contributed by atoms with E-state index < -0.39 is 11.7 Å². The van der Waals surface area contributed by atoms with Crippen LogP contribution >= 0.6 is 0 Å². The molecule has 0 unspecified atom stereocenters. The van der Waals surface area contributed by atoms with Gasteiger partial charge in [0, 0.05) is 6.04 Å². The summed E-state index contributed by atoms with van der Waals surface area (Å²) in [5, 5.41) is 3.26. The van der Waals surface area contributed by atoms with Crippen molar-refractivity contribution in [3.8, 4) is 0 Å². The maximum atomic E-state index is 12.5. The predicted molar refractivity (Wildman–Crippen MR) is 62.9 cm³/mol. The van der Waals surface area contributed by atoms with Gasteiger partial charge in [-0.05, 0) is 37.9 Å². The second-order valence-electron chi connectivity index (χ2n) is 4.26. The number of hydrogen-bond donors (Lipinski definition) is 1. The van der Waals surface area contributed by atoms with E-state index in [1.54, 1.807) is 6.07 Å². The SMILES string of the molecule is CCCN[C@@H](C)Cc1cccc(C(F)(F)F)c1. The van der Waals surface area contributed by atoms with Gasteiger partial charge in [0.2, 0.25) is 0 Å². The summed E-state index contributed by atoms with van der Waals surface area (Å²) >= 11 is 0. The van der Waals surface area contributed by atoms with Crippen LogP contribution in [0.25, 0.3) is 0 Å². The Balaban J connectivity index is 2.66. The quantitative estimate of drug-likeness (QED) is 0.835. The predicted octanol–water partition coefficient (Wildman–Crippen LogP) is 3.64. The molecule has 1 N–H and O–H groups in total. The van der Waals surface area contributed by atoms with Crippen LogP contribution in [0.4, 0.5) is 13.2 Å². The molecule has 0 bridgehead atoms. The summed E-state index contributed by atoms with van der Waals surface area (Å²) < 4.78 is 37.5. The Labute approximate surface area is 100 Å². The van der Waals surface area contributed by atoms with Gasteiger partial charge < -0.3 is 5.32 Å². The van der Waals surface area contributed by atoms with Crippen LogP contribution in [0, 0.1) is 0 Å². The molecule has 4 heteroatoms. The smallest absolute Gasteiger partial charge is 0.314 e. The van der Waals surface area contributed by atoms with Crippen LogP contribution < -0.4 is 5.32 Å². The maximum absolute atomic E-state index is 12.5. The molecular weight excluding hydrogens is 227 g/mol. The fraction of sp³-hybridized carbons (Fsp3) is 0.538. The van der Waals surface area contributed by atoms with Crippen LogP contribution in [0.5, 0.6) is 0 Å². The molecule has 0 saturated heterocycles. The lowest BCUT2D eigenvalue weighted by atomic mass is 10.0. The minimum atomic E-state index is -4.25. The fourth-order valence-electron chi connectivity index (χ4n) is 1.69. The van der Waals surface area contributed by atoms with Crippen molar-refractivity contribution in [3.63, 3.8) is 0 Å². The molecule has 1 atom stereocenters. The topological polar surface area (TPSA) is 12.0 Å². The number of alkyl halides is 3. The summed E-state index contributed by atoms with van der Waals surface area (Å²) in [6.07, 6.45) is -2.62. The van der Waals surface area contributed by atoms with Gasteiger partial charge in [0.25, 0.3) is 0 Å². The standard InChI is InChI=1S/C13H18F3N/c1-3-7-17-10(2)8-11-5-4-6-12(9-11)13(14,15)16/h4-6,9-10,17H,3,7-8H2,1-2H3/t10-/m0/s1. The molecule has 96 valence electrons. The number of halogens is 3. The fourth-order valence-corrected chi connectivity index (χ4v) is 1.69. The summed E-state index contributed by atoms with van der Waals surface area (Å²) in [6, 6.07) is 5.72. The lowest BCUT2D eigenvalue weighted by molar-refractivity contribution is -0.137. The molecule has 0 saturated carbocycles. The molecule has 1 aromatic carbocycles. The monoisotopic (exact) mass is 245 g/mol. The average molecular weight is 245 g/mol. The van der Waals surface area contributed by atoms with Crippen molar-refractivity contribution in [2.45, 2.75) is 38.9 Å². The highest BCUT2D eigenvalue weighted by Gasteiger charge is 2.30. The molecule has 0 radical (unpaired) electrons. The molecule has 1 rings (SSSR count). The van der Waals surface area contributed by atoms with Gasteiger partial charge in [-0.15, -0.1) is 0 Å². The number of hydrogen-bond acceptors (Lipinski definition) is 1. The van der Waals surface area contributed by atoms with Gasteiger partial charge in [-0.1, -0.05) is 25.1 Å². The molecule has 0 spiro atoms. The molecule has 0 amide bonds. The van der Waals surface area contributed by atoms with Gasteiger partial charge in [0.1, 0.15) is 0 Å². The minimum Gasteiger partial charge on any atom is -0.314 e. The van der Waals surface area contributed by atoms with Crippen LogP contribution in [0.2, 0.25) is 0 Å². The highest BCUT2D eigenvalue weighted by atomic mass is 19.4. The van der Waals surface area contributed by atoms with Crippen molar-refractivity contribution in [2.75, 3.05) is 6.54 Å². The van der Waals surface area contributed by atoms with Crippen molar-refractivity contribution < 1.29 is 13.2 Å². The lowest BCUT2D eigenvalue weighted by Crippen LogP contribution is -2.28. The third-order valence-electron chi connectivity index (χ3n) is 2.54. The van der Waals surface area contributed by atoms with Crippen molar-refractivity contribution >= 4 is 0 Å². The molecule has 0 heterocycles. The van der Waals surface area contributed by atoms with E-state index in [2.05, 4.69) is 12.2 Å². The molecule has 17 heavy (non-hydrogen) atoms. The summed E-state index contributed by atoms with van der Waals surface area (Å²) in [7, 11) is 0. The van der Waals surface area contributed by atoms with Crippen LogP contribution in [-0.2, 0) is 12.6 Å². The first kappa shape index (κ1) is 14.0. The van der Waals surface area contributed by atoms with E-state index in [1.807, 2.05) is 6.92 Å². The van der Waals surface area contributed by atoms with Crippen LogP contribution in [0.3, 0.4) is 0 Å². The summed E-state index contributed by atoms with van der Waals surface area (Å²) in [6.45, 7) is 4.93. The number of rotatable bonds is 5. The van der Waals surface area contributed by atoms with E-state index in [9.17, 15) is 13.2 Å². The van der Waals surface area contributed by atoms with Crippen molar-refractivity contribution in [1.29, 1.82) is 0 Å². The molecule has 0 aromatic heterocycles. The summed E-state index contributed by atoms with van der Waals surface area (Å²) in [5.74, 6) is 0. The zero-order valence-corrected chi connectivity index (χ0v) is 10.1. The van der Waals surface area contributed by atoms with E-state index in [4.69, 9.17) is 0 Å². The lowest BCUT2D eigenvalue weighted by Gasteiger charge is -2.14. The van der Waals surface area contributed by atoms with E-state index in [0.717, 1.165) is 24.6 Å². The Morgan fingerprint density at radius 1 is 1.29 bits per heavy atom. The van der Waals surface area contributed by atoms with Gasteiger partial charge in [-0.3, -0.25) is 0 Å². The number of nitrogens with one attached hydrogen (secondary N) is 1. The Bertz CT molecular complexity index is 347. The first-order valence-electron chi connectivity index (χ1n) is 5.83. The van der Waals surface area contributed by atoms with Crippen molar-refractivity contribution in [1.82, 2.24) is 5.32 Å². The van der Waals surface area contributed by atoms with Crippen LogP contribution in [0.15, 0.2) is 24.3 Å². The first-order chi connectivity index (χ1) is 7.93.